The summed E-state index contributed by atoms with van der Waals surface area (Å²) in [4.78, 5) is 16.1. The summed E-state index contributed by atoms with van der Waals surface area (Å²) in [7, 11) is 1.70. The number of methoxy groups -OCH3 is 1. The molecule has 0 bridgehead atoms. The molecule has 1 aliphatic heterocycles. The van der Waals surface area contributed by atoms with Crippen molar-refractivity contribution in [2.75, 3.05) is 37.0 Å². The number of para-hydroxylation sites is 1. The molecule has 2 aromatic heterocycles. The lowest BCUT2D eigenvalue weighted by Crippen LogP contribution is -2.35. The summed E-state index contributed by atoms with van der Waals surface area (Å²) in [5.74, 6) is 3.97. The number of pyridine rings is 1. The number of anilines is 3. The van der Waals surface area contributed by atoms with Crippen LogP contribution in [0.2, 0.25) is 0 Å². The largest absolute Gasteiger partial charge is 0.493 e. The second kappa shape index (κ2) is 10.5. The van der Waals surface area contributed by atoms with Crippen molar-refractivity contribution in [3.05, 3.63) is 72.5 Å². The van der Waals surface area contributed by atoms with Crippen LogP contribution in [0.1, 0.15) is 32.1 Å². The van der Waals surface area contributed by atoms with Crippen molar-refractivity contribution < 1.29 is 9.47 Å². The number of hydrogen-bond acceptors (Lipinski definition) is 7. The van der Waals surface area contributed by atoms with Gasteiger partial charge in [0.2, 0.25) is 5.95 Å². The van der Waals surface area contributed by atoms with E-state index in [-0.39, 0.29) is 0 Å². The maximum Gasteiger partial charge on any atom is 0.227 e. The predicted octanol–water partition coefficient (Wildman–Crippen LogP) is 5.60. The minimum Gasteiger partial charge on any atom is -0.493 e. The van der Waals surface area contributed by atoms with Crippen LogP contribution < -0.4 is 10.2 Å². The Balaban J connectivity index is 1.13. The van der Waals surface area contributed by atoms with Crippen molar-refractivity contribution in [1.82, 2.24) is 15.0 Å². The molecule has 2 aliphatic rings. The lowest BCUT2D eigenvalue weighted by atomic mass is 9.94. The molecule has 0 amide bonds. The molecular formula is C27H31N5O2. The first-order valence-electron chi connectivity index (χ1n) is 12.1. The first-order valence-corrected chi connectivity index (χ1v) is 12.1. The van der Waals surface area contributed by atoms with Crippen molar-refractivity contribution >= 4 is 28.4 Å². The van der Waals surface area contributed by atoms with Crippen LogP contribution in [0, 0.1) is 5.92 Å². The zero-order valence-electron chi connectivity index (χ0n) is 19.6. The highest BCUT2D eigenvalue weighted by atomic mass is 16.5. The molecule has 0 atom stereocenters. The molecule has 7 heteroatoms. The normalized spacial score (nSPS) is 16.7. The summed E-state index contributed by atoms with van der Waals surface area (Å²) in [5.41, 5.74) is 1.90. The molecule has 1 fully saturated rings. The van der Waals surface area contributed by atoms with Crippen LogP contribution in [0.3, 0.4) is 0 Å². The highest BCUT2D eigenvalue weighted by Gasteiger charge is 2.22. The van der Waals surface area contributed by atoms with E-state index in [4.69, 9.17) is 14.5 Å². The highest BCUT2D eigenvalue weighted by Crippen LogP contribution is 2.26. The van der Waals surface area contributed by atoms with Crippen LogP contribution >= 0.6 is 0 Å². The van der Waals surface area contributed by atoms with Crippen molar-refractivity contribution in [2.45, 2.75) is 32.1 Å². The van der Waals surface area contributed by atoms with Crippen molar-refractivity contribution in [1.29, 1.82) is 0 Å². The minimum absolute atomic E-state index is 0.653. The number of ether oxygens (including phenoxy) is 2. The van der Waals surface area contributed by atoms with E-state index in [2.05, 4.69) is 44.5 Å². The Hall–Kier alpha value is -3.61. The molecule has 7 nitrogen and oxygen atoms in total. The fourth-order valence-corrected chi connectivity index (χ4v) is 4.56. The zero-order valence-corrected chi connectivity index (χ0v) is 19.6. The van der Waals surface area contributed by atoms with E-state index in [1.54, 1.807) is 7.11 Å². The Bertz CT molecular complexity index is 1180. The van der Waals surface area contributed by atoms with Crippen LogP contribution in [0.15, 0.2) is 72.5 Å². The molecule has 1 saturated heterocycles. The molecule has 3 aromatic rings. The topological polar surface area (TPSA) is 72.4 Å². The molecule has 0 unspecified atom stereocenters. The highest BCUT2D eigenvalue weighted by molar-refractivity contribution is 5.82. The molecule has 34 heavy (non-hydrogen) atoms. The smallest absolute Gasteiger partial charge is 0.227 e. The van der Waals surface area contributed by atoms with E-state index in [1.807, 2.05) is 36.7 Å². The van der Waals surface area contributed by atoms with E-state index in [0.29, 0.717) is 5.92 Å². The van der Waals surface area contributed by atoms with Gasteiger partial charge in [0.1, 0.15) is 5.82 Å². The summed E-state index contributed by atoms with van der Waals surface area (Å²) in [6.45, 7) is 2.64. The van der Waals surface area contributed by atoms with E-state index in [9.17, 15) is 0 Å². The van der Waals surface area contributed by atoms with Gasteiger partial charge in [0.15, 0.2) is 11.5 Å². The van der Waals surface area contributed by atoms with Crippen LogP contribution in [-0.4, -0.2) is 41.8 Å². The quantitative estimate of drug-likeness (QED) is 0.472. The van der Waals surface area contributed by atoms with Crippen LogP contribution in [0.5, 0.6) is 0 Å². The number of aromatic nitrogens is 3. The van der Waals surface area contributed by atoms with Gasteiger partial charge in [-0.3, -0.25) is 4.98 Å². The molecule has 3 heterocycles. The second-order valence-corrected chi connectivity index (χ2v) is 8.77. The van der Waals surface area contributed by atoms with Gasteiger partial charge in [-0.2, -0.15) is 4.98 Å². The lowest BCUT2D eigenvalue weighted by molar-refractivity contribution is 0.154. The maximum atomic E-state index is 6.02. The number of hydrogen-bond donors (Lipinski definition) is 1. The molecule has 1 aliphatic carbocycles. The molecule has 0 radical (unpaired) electrons. The number of benzene rings is 1. The van der Waals surface area contributed by atoms with E-state index in [1.165, 1.54) is 0 Å². The van der Waals surface area contributed by atoms with Gasteiger partial charge in [0.05, 0.1) is 31.1 Å². The van der Waals surface area contributed by atoms with Gasteiger partial charge >= 0.3 is 0 Å². The number of piperidine rings is 1. The number of nitrogens with one attached hydrogen (secondary N) is 1. The molecule has 1 N–H and O–H groups in total. The third kappa shape index (κ3) is 5.30. The monoisotopic (exact) mass is 457 g/mol. The number of nitrogens with zero attached hydrogens (tertiary/aromatic N) is 4. The number of fused-ring (bicyclic) bond motifs is 1. The Morgan fingerprint density at radius 1 is 1.03 bits per heavy atom. The Labute approximate surface area is 200 Å². The van der Waals surface area contributed by atoms with E-state index >= 15 is 0 Å². The third-order valence-electron chi connectivity index (χ3n) is 6.48. The lowest BCUT2D eigenvalue weighted by Gasteiger charge is -2.32. The van der Waals surface area contributed by atoms with Crippen molar-refractivity contribution in [3.8, 4) is 0 Å². The van der Waals surface area contributed by atoms with Gasteiger partial charge in [-0.05, 0) is 68.4 Å². The van der Waals surface area contributed by atoms with Crippen molar-refractivity contribution in [2.24, 2.45) is 5.92 Å². The fourth-order valence-electron chi connectivity index (χ4n) is 4.56. The van der Waals surface area contributed by atoms with Crippen LogP contribution in [-0.2, 0) is 9.47 Å². The van der Waals surface area contributed by atoms with Gasteiger partial charge in [-0.1, -0.05) is 18.2 Å². The van der Waals surface area contributed by atoms with Crippen LogP contribution in [0.4, 0.5) is 17.5 Å². The third-order valence-corrected chi connectivity index (χ3v) is 6.48. The average molecular weight is 458 g/mol. The molecular weight excluding hydrogens is 426 g/mol. The Morgan fingerprint density at radius 2 is 1.85 bits per heavy atom. The molecule has 0 spiro atoms. The Kier molecular flexibility index (Phi) is 6.89. The van der Waals surface area contributed by atoms with Gasteiger partial charge in [0.25, 0.3) is 0 Å². The first kappa shape index (κ1) is 22.2. The summed E-state index contributed by atoms with van der Waals surface area (Å²) in [6, 6.07) is 12.1. The second-order valence-electron chi connectivity index (χ2n) is 8.77. The molecule has 0 saturated carbocycles. The van der Waals surface area contributed by atoms with E-state index < -0.39 is 0 Å². The summed E-state index contributed by atoms with van der Waals surface area (Å²) in [5, 5.41) is 4.47. The van der Waals surface area contributed by atoms with Crippen molar-refractivity contribution in [3.63, 3.8) is 0 Å². The molecule has 1 aromatic carbocycles. The minimum atomic E-state index is 0.653. The first-order chi connectivity index (χ1) is 16.8. The number of rotatable bonds is 8. The van der Waals surface area contributed by atoms with Gasteiger partial charge in [-0.15, -0.1) is 0 Å². The molecule has 176 valence electrons. The summed E-state index contributed by atoms with van der Waals surface area (Å²) >= 11 is 0. The van der Waals surface area contributed by atoms with Crippen LogP contribution in [0.25, 0.3) is 10.9 Å². The predicted molar refractivity (Wildman–Crippen MR) is 135 cm³/mol. The van der Waals surface area contributed by atoms with Gasteiger partial charge in [-0.25, -0.2) is 4.98 Å². The molecule has 5 rings (SSSR count). The zero-order chi connectivity index (χ0) is 23.2. The van der Waals surface area contributed by atoms with Gasteiger partial charge in [0, 0.05) is 24.7 Å². The van der Waals surface area contributed by atoms with Gasteiger partial charge < -0.3 is 19.7 Å². The average Bonchev–Trinajstić information content (AvgIpc) is 2.89. The maximum absolute atomic E-state index is 6.02. The standard InChI is InChI=1S/C27H31N5O2/c1-33-24-8-4-5-9-25(24)34-17-13-20-11-15-32(16-12-20)27-28-14-10-26(31-27)30-22-18-21-6-2-3-7-23(21)29-19-22/h2-3,6-10,14,18-20H,4-5,11-13,15-17H2,1H3,(H,28,30,31). The fraction of sp³-hybridized carbons (Fsp3) is 0.370. The summed E-state index contributed by atoms with van der Waals surface area (Å²) < 4.78 is 11.4. The number of allylic oxidation sites excluding steroid dienone is 2. The summed E-state index contributed by atoms with van der Waals surface area (Å²) in [6.07, 6.45) is 13.2. The SMILES string of the molecule is COC1=CCCC=C1OCCC1CCN(c2nccc(Nc3cnc4ccccc4c3)n2)CC1. The Morgan fingerprint density at radius 3 is 2.71 bits per heavy atom. The van der Waals surface area contributed by atoms with E-state index in [0.717, 1.165) is 91.7 Å².